The van der Waals surface area contributed by atoms with E-state index in [9.17, 15) is 4.79 Å². The molecule has 0 aliphatic rings. The third-order valence-electron chi connectivity index (χ3n) is 3.84. The Bertz CT molecular complexity index is 950. The first-order valence-electron chi connectivity index (χ1n) is 7.90. The first-order chi connectivity index (χ1) is 11.9. The number of rotatable bonds is 4. The van der Waals surface area contributed by atoms with Crippen LogP contribution in [0, 0.1) is 6.92 Å². The monoisotopic (exact) mass is 358 g/mol. The van der Waals surface area contributed by atoms with E-state index >= 15 is 0 Å². The Balaban J connectivity index is 1.98. The number of nitrogens with one attached hydrogen (secondary N) is 1. The minimum atomic E-state index is -0.236. The molecule has 2 aromatic heterocycles. The van der Waals surface area contributed by atoms with Crippen molar-refractivity contribution < 1.29 is 9.53 Å². The lowest BCUT2D eigenvalue weighted by molar-refractivity contribution is 0.102. The predicted octanol–water partition coefficient (Wildman–Crippen LogP) is 4.23. The number of amides is 1. The minimum Gasteiger partial charge on any atom is -0.495 e. The van der Waals surface area contributed by atoms with E-state index in [0.717, 1.165) is 11.1 Å². The van der Waals surface area contributed by atoms with Gasteiger partial charge in [0.2, 0.25) is 0 Å². The molecule has 3 rings (SSSR count). The number of aryl methyl sites for hydroxylation is 1. The summed E-state index contributed by atoms with van der Waals surface area (Å²) in [7, 11) is 1.54. The van der Waals surface area contributed by atoms with Gasteiger partial charge in [-0.05, 0) is 45.0 Å². The summed E-state index contributed by atoms with van der Waals surface area (Å²) in [6.07, 6.45) is 1.68. The smallest absolute Gasteiger partial charge is 0.256 e. The zero-order valence-corrected chi connectivity index (χ0v) is 15.3. The van der Waals surface area contributed by atoms with Gasteiger partial charge in [-0.1, -0.05) is 11.6 Å². The van der Waals surface area contributed by atoms with E-state index in [0.29, 0.717) is 27.7 Å². The molecule has 0 aliphatic heterocycles. The number of carbonyl (C=O) groups is 1. The fraction of sp³-hybridized carbons (Fsp3) is 0.278. The van der Waals surface area contributed by atoms with E-state index in [4.69, 9.17) is 16.3 Å². The van der Waals surface area contributed by atoms with Crippen LogP contribution in [0.1, 0.15) is 35.9 Å². The fourth-order valence-electron chi connectivity index (χ4n) is 2.65. The number of nitrogens with zero attached hydrogens (tertiary/aromatic N) is 3. The molecule has 3 aromatic rings. The van der Waals surface area contributed by atoms with Gasteiger partial charge in [-0.25, -0.2) is 9.67 Å². The number of halogens is 1. The number of anilines is 1. The number of ether oxygens (including phenoxy) is 1. The topological polar surface area (TPSA) is 69.0 Å². The fourth-order valence-corrected chi connectivity index (χ4v) is 2.91. The molecule has 0 atom stereocenters. The first-order valence-corrected chi connectivity index (χ1v) is 8.28. The largest absolute Gasteiger partial charge is 0.495 e. The molecule has 0 aliphatic carbocycles. The molecule has 0 unspecified atom stereocenters. The minimum absolute atomic E-state index is 0.156. The normalized spacial score (nSPS) is 11.1. The van der Waals surface area contributed by atoms with E-state index in [2.05, 4.69) is 15.4 Å². The third kappa shape index (κ3) is 3.30. The van der Waals surface area contributed by atoms with Crippen LogP contribution in [0.2, 0.25) is 5.02 Å². The Kier molecular flexibility index (Phi) is 4.63. The van der Waals surface area contributed by atoms with Crippen LogP contribution in [0.4, 0.5) is 5.69 Å². The second-order valence-electron chi connectivity index (χ2n) is 6.03. The van der Waals surface area contributed by atoms with Crippen molar-refractivity contribution in [3.63, 3.8) is 0 Å². The Morgan fingerprint density at radius 2 is 2.08 bits per heavy atom. The van der Waals surface area contributed by atoms with Crippen molar-refractivity contribution in [3.05, 3.63) is 46.7 Å². The number of aromatic nitrogens is 3. The van der Waals surface area contributed by atoms with E-state index in [1.807, 2.05) is 25.5 Å². The molecule has 0 radical (unpaired) electrons. The van der Waals surface area contributed by atoms with Crippen LogP contribution in [0.25, 0.3) is 11.0 Å². The third-order valence-corrected chi connectivity index (χ3v) is 4.13. The van der Waals surface area contributed by atoms with Crippen molar-refractivity contribution >= 4 is 34.2 Å². The second-order valence-corrected chi connectivity index (χ2v) is 6.44. The molecule has 0 fully saturated rings. The maximum atomic E-state index is 12.8. The number of methoxy groups -OCH3 is 1. The summed E-state index contributed by atoms with van der Waals surface area (Å²) < 4.78 is 6.93. The highest BCUT2D eigenvalue weighted by atomic mass is 35.5. The Morgan fingerprint density at radius 3 is 2.72 bits per heavy atom. The number of benzene rings is 1. The summed E-state index contributed by atoms with van der Waals surface area (Å²) in [5, 5.41) is 8.38. The van der Waals surface area contributed by atoms with Crippen LogP contribution < -0.4 is 10.1 Å². The van der Waals surface area contributed by atoms with E-state index in [-0.39, 0.29) is 11.9 Å². The van der Waals surface area contributed by atoms with Gasteiger partial charge in [0.15, 0.2) is 5.65 Å². The number of pyridine rings is 1. The van der Waals surface area contributed by atoms with Crippen molar-refractivity contribution in [2.45, 2.75) is 26.8 Å². The maximum absolute atomic E-state index is 12.8. The van der Waals surface area contributed by atoms with Gasteiger partial charge in [-0.15, -0.1) is 0 Å². The van der Waals surface area contributed by atoms with Crippen molar-refractivity contribution in [2.75, 3.05) is 12.4 Å². The maximum Gasteiger partial charge on any atom is 0.256 e. The van der Waals surface area contributed by atoms with Gasteiger partial charge < -0.3 is 10.1 Å². The van der Waals surface area contributed by atoms with Crippen LogP contribution in [0.15, 0.2) is 30.5 Å². The number of fused-ring (bicyclic) bond motifs is 1. The molecule has 1 N–H and O–H groups in total. The average molecular weight is 359 g/mol. The Hall–Kier alpha value is -2.60. The van der Waals surface area contributed by atoms with E-state index < -0.39 is 0 Å². The van der Waals surface area contributed by atoms with Crippen LogP contribution >= 0.6 is 11.6 Å². The molecule has 0 saturated heterocycles. The lowest BCUT2D eigenvalue weighted by Gasteiger charge is -2.10. The quantitative estimate of drug-likeness (QED) is 0.757. The molecule has 7 heteroatoms. The highest BCUT2D eigenvalue weighted by molar-refractivity contribution is 6.32. The standard InChI is InChI=1S/C18H19ClN4O2/c1-10(2)23-17-14(9-20-23)13(7-11(3)21-17)18(24)22-12-5-6-16(25-4)15(19)8-12/h5-10H,1-4H3,(H,22,24). The number of hydrogen-bond donors (Lipinski definition) is 1. The molecule has 25 heavy (non-hydrogen) atoms. The lowest BCUT2D eigenvalue weighted by Crippen LogP contribution is -2.13. The molecule has 0 bridgehead atoms. The first kappa shape index (κ1) is 17.2. The van der Waals surface area contributed by atoms with Crippen molar-refractivity contribution in [1.82, 2.24) is 14.8 Å². The summed E-state index contributed by atoms with van der Waals surface area (Å²) in [4.78, 5) is 17.3. The summed E-state index contributed by atoms with van der Waals surface area (Å²) in [6, 6.07) is 7.02. The average Bonchev–Trinajstić information content (AvgIpc) is 2.98. The Morgan fingerprint density at radius 1 is 1.32 bits per heavy atom. The molecule has 130 valence electrons. The molecular formula is C18H19ClN4O2. The number of carbonyl (C=O) groups excluding carboxylic acids is 1. The SMILES string of the molecule is COc1ccc(NC(=O)c2cc(C)nc3c2cnn3C(C)C)cc1Cl. The van der Waals surface area contributed by atoms with Crippen LogP contribution in [0.5, 0.6) is 5.75 Å². The molecule has 0 saturated carbocycles. The van der Waals surface area contributed by atoms with Crippen LogP contribution in [-0.4, -0.2) is 27.8 Å². The van der Waals surface area contributed by atoms with Gasteiger partial charge in [-0.2, -0.15) is 5.10 Å². The van der Waals surface area contributed by atoms with Gasteiger partial charge in [0.25, 0.3) is 5.91 Å². The van der Waals surface area contributed by atoms with Gasteiger partial charge in [0.1, 0.15) is 5.75 Å². The van der Waals surface area contributed by atoms with Crippen molar-refractivity contribution in [3.8, 4) is 5.75 Å². The molecular weight excluding hydrogens is 340 g/mol. The molecule has 6 nitrogen and oxygen atoms in total. The summed E-state index contributed by atoms with van der Waals surface area (Å²) >= 11 is 6.12. The Labute approximate surface area is 150 Å². The summed E-state index contributed by atoms with van der Waals surface area (Å²) in [5.41, 5.74) is 2.58. The zero-order chi connectivity index (χ0) is 18.1. The lowest BCUT2D eigenvalue weighted by atomic mass is 10.1. The molecule has 1 amide bonds. The van der Waals surface area contributed by atoms with Gasteiger partial charge in [0, 0.05) is 17.4 Å². The number of hydrogen-bond acceptors (Lipinski definition) is 4. The van der Waals surface area contributed by atoms with Crippen LogP contribution in [0.3, 0.4) is 0 Å². The summed E-state index contributed by atoms with van der Waals surface area (Å²) in [6.45, 7) is 5.91. The van der Waals surface area contributed by atoms with Crippen molar-refractivity contribution in [1.29, 1.82) is 0 Å². The molecule has 2 heterocycles. The zero-order valence-electron chi connectivity index (χ0n) is 14.5. The predicted molar refractivity (Wildman–Crippen MR) is 98.6 cm³/mol. The van der Waals surface area contributed by atoms with E-state index in [1.54, 1.807) is 37.6 Å². The van der Waals surface area contributed by atoms with Gasteiger partial charge >= 0.3 is 0 Å². The second kappa shape index (κ2) is 6.72. The van der Waals surface area contributed by atoms with Gasteiger partial charge in [0.05, 0.1) is 29.3 Å². The highest BCUT2D eigenvalue weighted by Crippen LogP contribution is 2.28. The van der Waals surface area contributed by atoms with Gasteiger partial charge in [-0.3, -0.25) is 4.79 Å². The molecule has 1 aromatic carbocycles. The molecule has 0 spiro atoms. The van der Waals surface area contributed by atoms with E-state index in [1.165, 1.54) is 0 Å². The highest BCUT2D eigenvalue weighted by Gasteiger charge is 2.17. The van der Waals surface area contributed by atoms with Crippen molar-refractivity contribution in [2.24, 2.45) is 0 Å². The summed E-state index contributed by atoms with van der Waals surface area (Å²) in [5.74, 6) is 0.320. The van der Waals surface area contributed by atoms with Crippen LogP contribution in [-0.2, 0) is 0 Å².